The largest absolute Gasteiger partial charge is 0.433 e. The molecule has 1 spiro atoms. The molecule has 1 aliphatic carbocycles. The van der Waals surface area contributed by atoms with E-state index in [4.69, 9.17) is 11.6 Å². The molecule has 38 heavy (non-hydrogen) atoms. The molecule has 0 amide bonds. The van der Waals surface area contributed by atoms with E-state index in [0.29, 0.717) is 41.0 Å². The molecule has 1 saturated heterocycles. The van der Waals surface area contributed by atoms with Crippen molar-refractivity contribution in [2.45, 2.75) is 57.2 Å². The molecule has 1 aromatic carbocycles. The summed E-state index contributed by atoms with van der Waals surface area (Å²) in [7, 11) is 0. The Hall–Kier alpha value is -2.93. The van der Waals surface area contributed by atoms with Crippen molar-refractivity contribution in [3.63, 3.8) is 0 Å². The molecule has 1 saturated carbocycles. The summed E-state index contributed by atoms with van der Waals surface area (Å²) in [5.74, 6) is 1.15. The van der Waals surface area contributed by atoms with Crippen LogP contribution in [-0.2, 0) is 19.3 Å². The molecule has 0 N–H and O–H groups in total. The first-order valence-electron chi connectivity index (χ1n) is 12.0. The number of nitrogens with zero attached hydrogens (tertiary/aromatic N) is 7. The summed E-state index contributed by atoms with van der Waals surface area (Å²) in [5, 5.41) is 9.09. The van der Waals surface area contributed by atoms with Gasteiger partial charge >= 0.3 is 12.4 Å². The summed E-state index contributed by atoms with van der Waals surface area (Å²) in [5.41, 5.74) is 0.279. The molecule has 2 aliphatic heterocycles. The SMILES string of the molecule is CC(N1Cc2cc(Cl)ccc2-n2c(nnc2C2CC3(C2)CN(c2nccc(C(F)(F)F)n2)C3)C1)C(F)(F)F. The number of aromatic nitrogens is 5. The number of fused-ring (bicyclic) bond motifs is 3. The Kier molecular flexibility index (Phi) is 5.69. The lowest BCUT2D eigenvalue weighted by molar-refractivity contribution is -0.182. The maximum absolute atomic E-state index is 13.6. The molecule has 3 aliphatic rings. The smallest absolute Gasteiger partial charge is 0.340 e. The molecule has 6 rings (SSSR count). The van der Waals surface area contributed by atoms with Crippen LogP contribution in [0.4, 0.5) is 32.3 Å². The van der Waals surface area contributed by atoms with Crippen LogP contribution in [0, 0.1) is 5.41 Å². The van der Waals surface area contributed by atoms with Gasteiger partial charge in [-0.15, -0.1) is 10.2 Å². The fraction of sp³-hybridized carbons (Fsp3) is 0.500. The predicted molar refractivity (Wildman–Crippen MR) is 125 cm³/mol. The zero-order chi connectivity index (χ0) is 27.0. The molecule has 4 heterocycles. The standard InChI is InChI=1S/C24H22ClF6N7/c1-13(23(26,27)28)36-9-14-6-16(25)2-3-17(14)38-19(10-36)34-35-20(38)15-7-22(8-15)11-37(12-22)21-32-5-4-18(33-21)24(29,30)31/h2-6,13,15H,7-12H2,1H3. The summed E-state index contributed by atoms with van der Waals surface area (Å²) in [4.78, 5) is 10.7. The Bertz CT molecular complexity index is 1370. The summed E-state index contributed by atoms with van der Waals surface area (Å²) >= 11 is 6.19. The van der Waals surface area contributed by atoms with Crippen LogP contribution in [0.25, 0.3) is 5.69 Å². The summed E-state index contributed by atoms with van der Waals surface area (Å²) in [6, 6.07) is 4.30. The van der Waals surface area contributed by atoms with Gasteiger partial charge in [0.15, 0.2) is 5.82 Å². The van der Waals surface area contributed by atoms with Crippen LogP contribution < -0.4 is 4.90 Å². The van der Waals surface area contributed by atoms with Crippen molar-refractivity contribution < 1.29 is 26.3 Å². The average molecular weight is 558 g/mol. The third-order valence-electron chi connectivity index (χ3n) is 7.77. The molecule has 3 aromatic rings. The van der Waals surface area contributed by atoms with Crippen molar-refractivity contribution in [3.05, 3.63) is 58.4 Å². The summed E-state index contributed by atoms with van der Waals surface area (Å²) in [6.07, 6.45) is -6.38. The Balaban J connectivity index is 1.22. The summed E-state index contributed by atoms with van der Waals surface area (Å²) < 4.78 is 81.7. The Morgan fingerprint density at radius 1 is 1.03 bits per heavy atom. The van der Waals surface area contributed by atoms with Crippen molar-refractivity contribution in [1.82, 2.24) is 29.6 Å². The van der Waals surface area contributed by atoms with E-state index in [2.05, 4.69) is 20.2 Å². The maximum Gasteiger partial charge on any atom is 0.433 e. The Morgan fingerprint density at radius 2 is 1.76 bits per heavy atom. The third kappa shape index (κ3) is 4.29. The van der Waals surface area contributed by atoms with E-state index in [1.54, 1.807) is 23.1 Å². The van der Waals surface area contributed by atoms with Crippen molar-refractivity contribution in [1.29, 1.82) is 0 Å². The molecule has 14 heteroatoms. The van der Waals surface area contributed by atoms with Crippen molar-refractivity contribution in [2.24, 2.45) is 5.41 Å². The van der Waals surface area contributed by atoms with E-state index in [1.807, 2.05) is 4.57 Å². The molecular weight excluding hydrogens is 536 g/mol. The molecule has 0 bridgehead atoms. The first kappa shape index (κ1) is 25.4. The van der Waals surface area contributed by atoms with Crippen LogP contribution in [0.3, 0.4) is 0 Å². The highest BCUT2D eigenvalue weighted by atomic mass is 35.5. The Morgan fingerprint density at radius 3 is 2.45 bits per heavy atom. The minimum absolute atomic E-state index is 0.0101. The van der Waals surface area contributed by atoms with Crippen LogP contribution in [0.1, 0.15) is 48.6 Å². The highest BCUT2D eigenvalue weighted by Crippen LogP contribution is 2.56. The molecule has 7 nitrogen and oxygen atoms in total. The van der Waals surface area contributed by atoms with Crippen LogP contribution >= 0.6 is 11.6 Å². The van der Waals surface area contributed by atoms with Crippen LogP contribution in [0.5, 0.6) is 0 Å². The fourth-order valence-corrected chi connectivity index (χ4v) is 5.98. The van der Waals surface area contributed by atoms with E-state index < -0.39 is 24.1 Å². The van der Waals surface area contributed by atoms with Gasteiger partial charge in [0.2, 0.25) is 5.95 Å². The molecule has 1 atom stereocenters. The van der Waals surface area contributed by atoms with Gasteiger partial charge in [-0.05, 0) is 49.6 Å². The van der Waals surface area contributed by atoms with Gasteiger partial charge in [0.1, 0.15) is 17.6 Å². The lowest BCUT2D eigenvalue weighted by Gasteiger charge is -2.58. The van der Waals surface area contributed by atoms with Crippen molar-refractivity contribution in [3.8, 4) is 5.69 Å². The van der Waals surface area contributed by atoms with Gasteiger partial charge in [0, 0.05) is 42.2 Å². The van der Waals surface area contributed by atoms with E-state index in [1.165, 1.54) is 4.90 Å². The monoisotopic (exact) mass is 557 g/mol. The first-order chi connectivity index (χ1) is 17.8. The molecular formula is C24H22ClF6N7. The molecule has 2 aromatic heterocycles. The number of rotatable bonds is 3. The quantitative estimate of drug-likeness (QED) is 0.403. The van der Waals surface area contributed by atoms with Gasteiger partial charge in [-0.2, -0.15) is 26.3 Å². The second-order valence-corrected chi connectivity index (χ2v) is 10.8. The average Bonchev–Trinajstić information content (AvgIpc) is 3.11. The van der Waals surface area contributed by atoms with Gasteiger partial charge in [0.25, 0.3) is 0 Å². The van der Waals surface area contributed by atoms with Crippen LogP contribution in [0.15, 0.2) is 30.5 Å². The van der Waals surface area contributed by atoms with E-state index in [-0.39, 0.29) is 30.4 Å². The topological polar surface area (TPSA) is 63.0 Å². The third-order valence-corrected chi connectivity index (χ3v) is 8.00. The molecule has 202 valence electrons. The second kappa shape index (κ2) is 8.54. The number of hydrogen-bond acceptors (Lipinski definition) is 6. The van der Waals surface area contributed by atoms with Gasteiger partial charge < -0.3 is 4.90 Å². The highest BCUT2D eigenvalue weighted by Gasteiger charge is 2.55. The van der Waals surface area contributed by atoms with Gasteiger partial charge in [-0.3, -0.25) is 9.47 Å². The predicted octanol–water partition coefficient (Wildman–Crippen LogP) is 5.38. The number of benzene rings is 1. The normalized spacial score (nSPS) is 20.4. The molecule has 1 unspecified atom stereocenters. The van der Waals surface area contributed by atoms with Crippen LogP contribution in [0.2, 0.25) is 5.02 Å². The zero-order valence-electron chi connectivity index (χ0n) is 20.1. The van der Waals surface area contributed by atoms with E-state index in [0.717, 1.165) is 32.0 Å². The molecule has 0 radical (unpaired) electrons. The van der Waals surface area contributed by atoms with Gasteiger partial charge in [-0.1, -0.05) is 11.6 Å². The lowest BCUT2D eigenvalue weighted by Crippen LogP contribution is -2.62. The Labute approximate surface area is 218 Å². The number of alkyl halides is 6. The lowest BCUT2D eigenvalue weighted by atomic mass is 9.57. The number of anilines is 1. The maximum atomic E-state index is 13.6. The van der Waals surface area contributed by atoms with E-state index >= 15 is 0 Å². The van der Waals surface area contributed by atoms with Crippen molar-refractivity contribution in [2.75, 3.05) is 18.0 Å². The van der Waals surface area contributed by atoms with Crippen LogP contribution in [-0.4, -0.2) is 54.9 Å². The minimum Gasteiger partial charge on any atom is -0.340 e. The zero-order valence-corrected chi connectivity index (χ0v) is 20.8. The summed E-state index contributed by atoms with van der Waals surface area (Å²) in [6.45, 7) is 2.20. The van der Waals surface area contributed by atoms with E-state index in [9.17, 15) is 26.3 Å². The van der Waals surface area contributed by atoms with Crippen molar-refractivity contribution >= 4 is 17.5 Å². The fourth-order valence-electron chi connectivity index (χ4n) is 5.79. The second-order valence-electron chi connectivity index (χ2n) is 10.4. The van der Waals surface area contributed by atoms with Gasteiger partial charge in [-0.25, -0.2) is 9.97 Å². The minimum atomic E-state index is -4.54. The first-order valence-corrected chi connectivity index (χ1v) is 12.4. The van der Waals surface area contributed by atoms with Gasteiger partial charge in [0.05, 0.1) is 12.2 Å². The highest BCUT2D eigenvalue weighted by molar-refractivity contribution is 6.30. The number of halogens is 7. The number of hydrogen-bond donors (Lipinski definition) is 0. The molecule has 2 fully saturated rings.